The molecule has 1 aliphatic rings. The zero-order valence-corrected chi connectivity index (χ0v) is 17.1. The van der Waals surface area contributed by atoms with E-state index < -0.39 is 0 Å². The van der Waals surface area contributed by atoms with Crippen molar-refractivity contribution in [1.82, 2.24) is 14.7 Å². The first kappa shape index (κ1) is 19.1. The molecular formula is C19H22BrN3O2S. The second kappa shape index (κ2) is 8.79. The molecule has 138 valence electrons. The highest BCUT2D eigenvalue weighted by molar-refractivity contribution is 9.10. The fourth-order valence-electron chi connectivity index (χ4n) is 3.02. The van der Waals surface area contributed by atoms with Crippen molar-refractivity contribution in [3.63, 3.8) is 0 Å². The molecule has 0 atom stereocenters. The number of halogens is 1. The smallest absolute Gasteiger partial charge is 0.264 e. The quantitative estimate of drug-likeness (QED) is 0.724. The molecule has 0 N–H and O–H groups in total. The molecule has 0 aliphatic carbocycles. The fourth-order valence-corrected chi connectivity index (χ4v) is 4.12. The summed E-state index contributed by atoms with van der Waals surface area (Å²) in [5, 5.41) is 1.91. The maximum atomic E-state index is 12.6. The number of rotatable bonds is 5. The number of likely N-dealkylation sites (N-methyl/N-ethyl adjacent to an activating group) is 1. The molecule has 0 bridgehead atoms. The van der Waals surface area contributed by atoms with Crippen LogP contribution in [0.2, 0.25) is 0 Å². The van der Waals surface area contributed by atoms with Crippen LogP contribution in [0, 0.1) is 0 Å². The monoisotopic (exact) mass is 435 g/mol. The van der Waals surface area contributed by atoms with Crippen molar-refractivity contribution in [1.29, 1.82) is 0 Å². The summed E-state index contributed by atoms with van der Waals surface area (Å²) in [6, 6.07) is 11.8. The van der Waals surface area contributed by atoms with Crippen molar-refractivity contribution >= 4 is 39.1 Å². The van der Waals surface area contributed by atoms with Gasteiger partial charge in [-0.3, -0.25) is 14.5 Å². The molecule has 3 rings (SSSR count). The first-order valence-electron chi connectivity index (χ1n) is 8.57. The van der Waals surface area contributed by atoms with Crippen LogP contribution >= 0.6 is 27.3 Å². The first-order chi connectivity index (χ1) is 12.5. The molecule has 0 radical (unpaired) electrons. The van der Waals surface area contributed by atoms with Crippen LogP contribution in [0.3, 0.4) is 0 Å². The summed E-state index contributed by atoms with van der Waals surface area (Å²) in [6.07, 6.45) is 0. The zero-order chi connectivity index (χ0) is 18.5. The Hall–Kier alpha value is -1.70. The lowest BCUT2D eigenvalue weighted by atomic mass is 10.2. The Morgan fingerprint density at radius 2 is 1.77 bits per heavy atom. The molecule has 0 unspecified atom stereocenters. The highest BCUT2D eigenvalue weighted by Crippen LogP contribution is 2.17. The summed E-state index contributed by atoms with van der Waals surface area (Å²) in [6.45, 7) is 3.47. The lowest BCUT2D eigenvalue weighted by Crippen LogP contribution is -2.52. The summed E-state index contributed by atoms with van der Waals surface area (Å²) in [4.78, 5) is 31.4. The Morgan fingerprint density at radius 3 is 2.42 bits per heavy atom. The van der Waals surface area contributed by atoms with Crippen molar-refractivity contribution in [2.45, 2.75) is 6.54 Å². The number of carbonyl (C=O) groups excluding carboxylic acids is 2. The molecule has 1 fully saturated rings. The van der Waals surface area contributed by atoms with Crippen molar-refractivity contribution < 1.29 is 9.59 Å². The third-order valence-electron chi connectivity index (χ3n) is 4.45. The Bertz CT molecular complexity index is 758. The second-order valence-corrected chi connectivity index (χ2v) is 8.22. The molecule has 7 heteroatoms. The first-order valence-corrected chi connectivity index (χ1v) is 10.2. The third kappa shape index (κ3) is 4.72. The van der Waals surface area contributed by atoms with Crippen LogP contribution in [-0.4, -0.2) is 66.3 Å². The van der Waals surface area contributed by atoms with Gasteiger partial charge in [0.2, 0.25) is 5.91 Å². The van der Waals surface area contributed by atoms with Gasteiger partial charge in [0.15, 0.2) is 0 Å². The molecular weight excluding hydrogens is 414 g/mol. The molecule has 2 amide bonds. The largest absolute Gasteiger partial charge is 0.338 e. The van der Waals surface area contributed by atoms with Gasteiger partial charge in [-0.05, 0) is 30.1 Å². The van der Waals surface area contributed by atoms with Gasteiger partial charge >= 0.3 is 0 Å². The van der Waals surface area contributed by atoms with E-state index in [1.807, 2.05) is 57.5 Å². The summed E-state index contributed by atoms with van der Waals surface area (Å²) in [5.74, 6) is 0.181. The predicted octanol–water partition coefficient (Wildman–Crippen LogP) is 2.93. The highest BCUT2D eigenvalue weighted by Gasteiger charge is 2.25. The number of amides is 2. The third-order valence-corrected chi connectivity index (χ3v) is 6.09. The topological polar surface area (TPSA) is 43.9 Å². The average molecular weight is 436 g/mol. The van der Waals surface area contributed by atoms with Gasteiger partial charge in [-0.1, -0.05) is 40.2 Å². The van der Waals surface area contributed by atoms with Gasteiger partial charge in [0.25, 0.3) is 5.91 Å². The number of benzene rings is 1. The highest BCUT2D eigenvalue weighted by atomic mass is 79.9. The standard InChI is InChI=1S/C19H22BrN3O2S/c1-21(13-15-5-2-3-6-16(15)20)14-18(24)22-8-10-23(11-9-22)19(25)17-7-4-12-26-17/h2-7,12H,8-11,13-14H2,1H3. The normalized spacial score (nSPS) is 14.7. The second-order valence-electron chi connectivity index (χ2n) is 6.41. The number of thiophene rings is 1. The summed E-state index contributed by atoms with van der Waals surface area (Å²) >= 11 is 5.01. The maximum absolute atomic E-state index is 12.6. The zero-order valence-electron chi connectivity index (χ0n) is 14.7. The van der Waals surface area contributed by atoms with E-state index in [0.29, 0.717) is 39.3 Å². The van der Waals surface area contributed by atoms with Crippen LogP contribution in [-0.2, 0) is 11.3 Å². The maximum Gasteiger partial charge on any atom is 0.264 e. The number of nitrogens with zero attached hydrogens (tertiary/aromatic N) is 3. The van der Waals surface area contributed by atoms with Gasteiger partial charge in [0, 0.05) is 37.2 Å². The van der Waals surface area contributed by atoms with E-state index in [-0.39, 0.29) is 11.8 Å². The minimum atomic E-state index is 0.0677. The predicted molar refractivity (Wildman–Crippen MR) is 107 cm³/mol. The Labute approximate surface area is 166 Å². The van der Waals surface area contributed by atoms with Crippen LogP contribution in [0.1, 0.15) is 15.2 Å². The van der Waals surface area contributed by atoms with Crippen molar-refractivity contribution in [3.8, 4) is 0 Å². The Morgan fingerprint density at radius 1 is 1.08 bits per heavy atom. The van der Waals surface area contributed by atoms with E-state index in [0.717, 1.165) is 14.9 Å². The molecule has 2 aromatic rings. The van der Waals surface area contributed by atoms with Crippen molar-refractivity contribution in [2.24, 2.45) is 0 Å². The van der Waals surface area contributed by atoms with E-state index >= 15 is 0 Å². The van der Waals surface area contributed by atoms with Crippen LogP contribution in [0.4, 0.5) is 0 Å². The van der Waals surface area contributed by atoms with Crippen LogP contribution < -0.4 is 0 Å². The lowest BCUT2D eigenvalue weighted by molar-refractivity contribution is -0.133. The van der Waals surface area contributed by atoms with Gasteiger partial charge < -0.3 is 9.80 Å². The van der Waals surface area contributed by atoms with Gasteiger partial charge in [-0.2, -0.15) is 0 Å². The van der Waals surface area contributed by atoms with E-state index in [4.69, 9.17) is 0 Å². The van der Waals surface area contributed by atoms with Crippen LogP contribution in [0.25, 0.3) is 0 Å². The van der Waals surface area contributed by atoms with E-state index in [1.165, 1.54) is 11.3 Å². The summed E-state index contributed by atoms with van der Waals surface area (Å²) in [5.41, 5.74) is 1.16. The summed E-state index contributed by atoms with van der Waals surface area (Å²) < 4.78 is 1.06. The SMILES string of the molecule is CN(CC(=O)N1CCN(C(=O)c2cccs2)CC1)Cc1ccccc1Br. The average Bonchev–Trinajstić information content (AvgIpc) is 3.18. The summed E-state index contributed by atoms with van der Waals surface area (Å²) in [7, 11) is 1.95. The Kier molecular flexibility index (Phi) is 6.45. The van der Waals surface area contributed by atoms with Crippen LogP contribution in [0.15, 0.2) is 46.3 Å². The minimum Gasteiger partial charge on any atom is -0.338 e. The number of hydrogen-bond donors (Lipinski definition) is 0. The molecule has 1 aromatic carbocycles. The Balaban J connectivity index is 1.47. The number of piperazine rings is 1. The molecule has 0 spiro atoms. The minimum absolute atomic E-state index is 0.0677. The molecule has 0 saturated carbocycles. The molecule has 1 aliphatic heterocycles. The van der Waals surface area contributed by atoms with Gasteiger partial charge in [0.1, 0.15) is 0 Å². The fraction of sp³-hybridized carbons (Fsp3) is 0.368. The van der Waals surface area contributed by atoms with Crippen molar-refractivity contribution in [3.05, 3.63) is 56.7 Å². The van der Waals surface area contributed by atoms with Gasteiger partial charge in [-0.15, -0.1) is 11.3 Å². The van der Waals surface area contributed by atoms with Gasteiger partial charge in [0.05, 0.1) is 11.4 Å². The lowest BCUT2D eigenvalue weighted by Gasteiger charge is -2.35. The molecule has 5 nitrogen and oxygen atoms in total. The molecule has 1 saturated heterocycles. The van der Waals surface area contributed by atoms with E-state index in [2.05, 4.69) is 22.0 Å². The molecule has 1 aromatic heterocycles. The van der Waals surface area contributed by atoms with Crippen molar-refractivity contribution in [2.75, 3.05) is 39.8 Å². The molecule has 2 heterocycles. The number of hydrogen-bond acceptors (Lipinski definition) is 4. The number of carbonyl (C=O) groups is 2. The van der Waals surface area contributed by atoms with Gasteiger partial charge in [-0.25, -0.2) is 0 Å². The molecule has 26 heavy (non-hydrogen) atoms. The van der Waals surface area contributed by atoms with E-state index in [9.17, 15) is 9.59 Å². The van der Waals surface area contributed by atoms with Crippen LogP contribution in [0.5, 0.6) is 0 Å². The van der Waals surface area contributed by atoms with E-state index in [1.54, 1.807) is 0 Å².